The van der Waals surface area contributed by atoms with Gasteiger partial charge in [-0.25, -0.2) is 8.42 Å². The lowest BCUT2D eigenvalue weighted by atomic mass is 10.1. The third-order valence-corrected chi connectivity index (χ3v) is 7.49. The number of sulfonamides is 1. The van der Waals surface area contributed by atoms with Crippen LogP contribution in [-0.4, -0.2) is 63.1 Å². The molecule has 0 spiro atoms. The zero-order chi connectivity index (χ0) is 18.7. The first-order chi connectivity index (χ1) is 13.1. The van der Waals surface area contributed by atoms with E-state index in [0.29, 0.717) is 24.0 Å². The number of benzene rings is 2. The fourth-order valence-corrected chi connectivity index (χ4v) is 5.38. The van der Waals surface area contributed by atoms with E-state index in [-0.39, 0.29) is 0 Å². The number of rotatable bonds is 4. The van der Waals surface area contributed by atoms with Crippen LogP contribution < -0.4 is 0 Å². The first-order valence-corrected chi connectivity index (χ1v) is 11.1. The molecular formula is C21H26N2O3S. The molecule has 2 aromatic carbocycles. The quantitative estimate of drug-likeness (QED) is 0.811. The second-order valence-electron chi connectivity index (χ2n) is 7.17. The number of hydrogen-bond donors (Lipinski definition) is 0. The van der Waals surface area contributed by atoms with E-state index in [4.69, 9.17) is 4.74 Å². The normalized spacial score (nSPS) is 20.6. The van der Waals surface area contributed by atoms with Gasteiger partial charge in [0.2, 0.25) is 10.0 Å². The average Bonchev–Trinajstić information content (AvgIpc) is 2.75. The Morgan fingerprint density at radius 2 is 1.37 bits per heavy atom. The van der Waals surface area contributed by atoms with Gasteiger partial charge in [0.15, 0.2) is 0 Å². The van der Waals surface area contributed by atoms with Crippen molar-refractivity contribution in [2.75, 3.05) is 39.4 Å². The Labute approximate surface area is 161 Å². The third kappa shape index (κ3) is 4.09. The topological polar surface area (TPSA) is 49.9 Å². The Kier molecular flexibility index (Phi) is 5.59. The predicted molar refractivity (Wildman–Crippen MR) is 106 cm³/mol. The second-order valence-corrected chi connectivity index (χ2v) is 9.11. The Morgan fingerprint density at radius 3 is 2.00 bits per heavy atom. The molecule has 0 aliphatic carbocycles. The van der Waals surface area contributed by atoms with Crippen LogP contribution in [0.25, 0.3) is 11.1 Å². The van der Waals surface area contributed by atoms with Gasteiger partial charge in [-0.1, -0.05) is 42.5 Å². The number of hydrogen-bond acceptors (Lipinski definition) is 4. The molecule has 27 heavy (non-hydrogen) atoms. The van der Waals surface area contributed by atoms with E-state index < -0.39 is 10.0 Å². The fourth-order valence-electron chi connectivity index (χ4n) is 3.96. The van der Waals surface area contributed by atoms with E-state index in [9.17, 15) is 8.42 Å². The first-order valence-electron chi connectivity index (χ1n) is 9.62. The fraction of sp³-hybridized carbons (Fsp3) is 0.429. The van der Waals surface area contributed by atoms with E-state index in [0.717, 1.165) is 50.3 Å². The van der Waals surface area contributed by atoms with Gasteiger partial charge in [-0.05, 0) is 36.1 Å². The molecule has 5 nitrogen and oxygen atoms in total. The van der Waals surface area contributed by atoms with Gasteiger partial charge < -0.3 is 4.74 Å². The van der Waals surface area contributed by atoms with Crippen LogP contribution in [0.2, 0.25) is 0 Å². The van der Waals surface area contributed by atoms with Gasteiger partial charge in [-0.2, -0.15) is 4.31 Å². The molecule has 2 heterocycles. The smallest absolute Gasteiger partial charge is 0.243 e. The standard InChI is InChI=1S/C21H26N2O3S/c24-27(25,21-8-6-19(7-9-21)18-4-2-1-3-5-18)23-14-12-22(13-15-23)20-10-16-26-17-11-20/h1-9,20H,10-17H2. The molecule has 2 aliphatic rings. The van der Waals surface area contributed by atoms with Gasteiger partial charge in [0.05, 0.1) is 4.90 Å². The summed E-state index contributed by atoms with van der Waals surface area (Å²) >= 11 is 0. The minimum atomic E-state index is -3.43. The van der Waals surface area contributed by atoms with E-state index in [2.05, 4.69) is 4.90 Å². The molecule has 2 saturated heterocycles. The summed E-state index contributed by atoms with van der Waals surface area (Å²) < 4.78 is 33.1. The highest BCUT2D eigenvalue weighted by molar-refractivity contribution is 7.89. The lowest BCUT2D eigenvalue weighted by Crippen LogP contribution is -2.52. The van der Waals surface area contributed by atoms with Gasteiger partial charge in [0.25, 0.3) is 0 Å². The van der Waals surface area contributed by atoms with Crippen molar-refractivity contribution in [3.63, 3.8) is 0 Å². The highest BCUT2D eigenvalue weighted by Gasteiger charge is 2.31. The van der Waals surface area contributed by atoms with Gasteiger partial charge >= 0.3 is 0 Å². The largest absolute Gasteiger partial charge is 0.381 e. The molecule has 2 aliphatic heterocycles. The average molecular weight is 387 g/mol. The molecule has 0 aromatic heterocycles. The van der Waals surface area contributed by atoms with Gasteiger partial charge in [0.1, 0.15) is 0 Å². The summed E-state index contributed by atoms with van der Waals surface area (Å²) in [6.07, 6.45) is 2.10. The van der Waals surface area contributed by atoms with Crippen LogP contribution in [0.3, 0.4) is 0 Å². The van der Waals surface area contributed by atoms with Crippen molar-refractivity contribution in [1.82, 2.24) is 9.21 Å². The molecule has 2 fully saturated rings. The molecule has 6 heteroatoms. The van der Waals surface area contributed by atoms with Crippen LogP contribution in [0.1, 0.15) is 12.8 Å². The van der Waals surface area contributed by atoms with E-state index in [1.165, 1.54) is 0 Å². The zero-order valence-corrected chi connectivity index (χ0v) is 16.3. The van der Waals surface area contributed by atoms with E-state index in [1.807, 2.05) is 42.5 Å². The van der Waals surface area contributed by atoms with Crippen LogP contribution in [-0.2, 0) is 14.8 Å². The molecule has 2 aromatic rings. The summed E-state index contributed by atoms with van der Waals surface area (Å²) in [6.45, 7) is 4.34. The van der Waals surface area contributed by atoms with Crippen molar-refractivity contribution >= 4 is 10.0 Å². The van der Waals surface area contributed by atoms with E-state index >= 15 is 0 Å². The molecule has 144 valence electrons. The monoisotopic (exact) mass is 386 g/mol. The molecule has 0 unspecified atom stereocenters. The second kappa shape index (κ2) is 8.10. The first kappa shape index (κ1) is 18.6. The SMILES string of the molecule is O=S(=O)(c1ccc(-c2ccccc2)cc1)N1CCN(C2CCOCC2)CC1. The van der Waals surface area contributed by atoms with Crippen molar-refractivity contribution in [3.8, 4) is 11.1 Å². The lowest BCUT2D eigenvalue weighted by molar-refractivity contribution is 0.0229. The van der Waals surface area contributed by atoms with Crippen LogP contribution in [0.15, 0.2) is 59.5 Å². The van der Waals surface area contributed by atoms with Crippen molar-refractivity contribution in [1.29, 1.82) is 0 Å². The van der Waals surface area contributed by atoms with Crippen molar-refractivity contribution < 1.29 is 13.2 Å². The molecule has 0 saturated carbocycles. The summed E-state index contributed by atoms with van der Waals surface area (Å²) in [5, 5.41) is 0. The number of piperazine rings is 1. The van der Waals surface area contributed by atoms with E-state index in [1.54, 1.807) is 16.4 Å². The Hall–Kier alpha value is -1.73. The van der Waals surface area contributed by atoms with Crippen LogP contribution >= 0.6 is 0 Å². The molecule has 0 N–H and O–H groups in total. The Morgan fingerprint density at radius 1 is 0.778 bits per heavy atom. The lowest BCUT2D eigenvalue weighted by Gasteiger charge is -2.40. The van der Waals surface area contributed by atoms with Crippen LogP contribution in [0.4, 0.5) is 0 Å². The summed E-state index contributed by atoms with van der Waals surface area (Å²) in [7, 11) is -3.43. The summed E-state index contributed by atoms with van der Waals surface area (Å²) in [5.74, 6) is 0. The summed E-state index contributed by atoms with van der Waals surface area (Å²) in [5.41, 5.74) is 2.12. The maximum atomic E-state index is 13.0. The Bertz CT molecular complexity index is 839. The minimum absolute atomic E-state index is 0.377. The van der Waals surface area contributed by atoms with Crippen molar-refractivity contribution in [2.45, 2.75) is 23.8 Å². The van der Waals surface area contributed by atoms with Crippen LogP contribution in [0, 0.1) is 0 Å². The van der Waals surface area contributed by atoms with Crippen molar-refractivity contribution in [3.05, 3.63) is 54.6 Å². The predicted octanol–water partition coefficient (Wildman–Crippen LogP) is 2.84. The number of ether oxygens (including phenoxy) is 1. The highest BCUT2D eigenvalue weighted by Crippen LogP contribution is 2.24. The highest BCUT2D eigenvalue weighted by atomic mass is 32.2. The van der Waals surface area contributed by atoms with Crippen molar-refractivity contribution in [2.24, 2.45) is 0 Å². The molecule has 4 rings (SSSR count). The third-order valence-electron chi connectivity index (χ3n) is 5.58. The maximum Gasteiger partial charge on any atom is 0.243 e. The van der Waals surface area contributed by atoms with Gasteiger partial charge in [-0.3, -0.25) is 4.90 Å². The molecular weight excluding hydrogens is 360 g/mol. The molecule has 0 radical (unpaired) electrons. The number of nitrogens with zero attached hydrogens (tertiary/aromatic N) is 2. The minimum Gasteiger partial charge on any atom is -0.381 e. The maximum absolute atomic E-state index is 13.0. The van der Waals surface area contributed by atoms with Gasteiger partial charge in [0, 0.05) is 45.4 Å². The molecule has 0 bridgehead atoms. The van der Waals surface area contributed by atoms with Crippen LogP contribution in [0.5, 0.6) is 0 Å². The summed E-state index contributed by atoms with van der Waals surface area (Å²) in [4.78, 5) is 2.80. The van der Waals surface area contributed by atoms with Gasteiger partial charge in [-0.15, -0.1) is 0 Å². The molecule has 0 amide bonds. The zero-order valence-electron chi connectivity index (χ0n) is 15.5. The Balaban J connectivity index is 1.43. The molecule has 0 atom stereocenters. The summed E-state index contributed by atoms with van der Waals surface area (Å²) in [6, 6.07) is 17.8.